The second-order valence-corrected chi connectivity index (χ2v) is 11.2. The van der Waals surface area contributed by atoms with E-state index in [9.17, 15) is 28.2 Å². The molecule has 0 spiro atoms. The van der Waals surface area contributed by atoms with Gasteiger partial charge in [-0.1, -0.05) is 17.7 Å². The number of nitrogens with zero attached hydrogens (tertiary/aromatic N) is 2. The monoisotopic (exact) mass is 586 g/mol. The van der Waals surface area contributed by atoms with Crippen LogP contribution >= 0.6 is 0 Å². The first-order valence-electron chi connectivity index (χ1n) is 12.6. The summed E-state index contributed by atoms with van der Waals surface area (Å²) < 4.78 is 40.6. The van der Waals surface area contributed by atoms with E-state index < -0.39 is 21.6 Å². The summed E-state index contributed by atoms with van der Waals surface area (Å²) in [4.78, 5) is 27.8. The van der Waals surface area contributed by atoms with Crippen LogP contribution in [0.4, 0.5) is 0 Å². The van der Waals surface area contributed by atoms with Gasteiger partial charge in [0.1, 0.15) is 28.7 Å². The number of rotatable bonds is 9. The molecule has 214 valence electrons. The third-order valence-corrected chi connectivity index (χ3v) is 8.41. The molecule has 0 unspecified atom stereocenters. The molecule has 0 fully saturated rings. The van der Waals surface area contributed by atoms with E-state index in [-0.39, 0.29) is 56.1 Å². The number of ether oxygens (including phenoxy) is 2. The molecule has 5 rings (SSSR count). The van der Waals surface area contributed by atoms with Crippen molar-refractivity contribution in [1.29, 1.82) is 0 Å². The zero-order valence-electron chi connectivity index (χ0n) is 22.8. The van der Waals surface area contributed by atoms with Crippen LogP contribution < -0.4 is 9.47 Å². The number of phenols is 2. The number of aromatic hydroxyl groups is 2. The lowest BCUT2D eigenvalue weighted by Gasteiger charge is -2.16. The van der Waals surface area contributed by atoms with E-state index in [1.165, 1.54) is 91.8 Å². The van der Waals surface area contributed by atoms with Crippen LogP contribution in [0.3, 0.4) is 0 Å². The van der Waals surface area contributed by atoms with E-state index in [1.807, 2.05) is 6.92 Å². The third-order valence-electron chi connectivity index (χ3n) is 6.72. The molecular weight excluding hydrogens is 560 g/mol. The number of methoxy groups -OCH3 is 2. The summed E-state index contributed by atoms with van der Waals surface area (Å²) in [5.41, 5.74) is 0.953. The van der Waals surface area contributed by atoms with E-state index in [4.69, 9.17) is 9.47 Å². The molecular formula is C31H26N2O8S. The molecule has 2 aromatic heterocycles. The van der Waals surface area contributed by atoms with Crippen LogP contribution in [-0.2, 0) is 10.0 Å². The highest BCUT2D eigenvalue weighted by Gasteiger charge is 2.31. The molecule has 0 saturated heterocycles. The van der Waals surface area contributed by atoms with Crippen molar-refractivity contribution >= 4 is 21.6 Å². The highest BCUT2D eigenvalue weighted by atomic mass is 32.2. The van der Waals surface area contributed by atoms with Crippen LogP contribution in [0.5, 0.6) is 23.0 Å². The van der Waals surface area contributed by atoms with E-state index in [1.54, 1.807) is 18.2 Å². The molecule has 0 bridgehead atoms. The summed E-state index contributed by atoms with van der Waals surface area (Å²) in [5, 5.41) is 19.8. The molecule has 3 aromatic carbocycles. The first-order valence-corrected chi connectivity index (χ1v) is 14.1. The largest absolute Gasteiger partial charge is 0.508 e. The molecule has 0 amide bonds. The van der Waals surface area contributed by atoms with Gasteiger partial charge in [-0.2, -0.15) is 0 Å². The molecule has 10 nitrogen and oxygen atoms in total. The standard InChI is InChI=1S/C31H26N2O8S/c1-19-6-10-22(11-7-19)42(38,39)33-16-14-25(29(33)31(37)24-13-9-21(35)18-28(24)41-3)32-15-4-5-26(32)30(36)23-12-8-20(34)17-27(23)40-2/h4-18,34-35H,1-3H3. The Balaban J connectivity index is 1.74. The molecule has 42 heavy (non-hydrogen) atoms. The quantitative estimate of drug-likeness (QED) is 0.237. The Labute approximate surface area is 241 Å². The lowest BCUT2D eigenvalue weighted by Crippen LogP contribution is -2.21. The van der Waals surface area contributed by atoms with Gasteiger partial charge in [0.05, 0.1) is 41.6 Å². The SMILES string of the molecule is COc1cc(O)ccc1C(=O)c1cccn1-c1ccn(S(=O)(=O)c2ccc(C)cc2)c1C(=O)c1ccc(O)cc1OC. The van der Waals surface area contributed by atoms with E-state index in [0.717, 1.165) is 9.54 Å². The van der Waals surface area contributed by atoms with Crippen molar-refractivity contribution in [1.82, 2.24) is 8.54 Å². The fourth-order valence-electron chi connectivity index (χ4n) is 4.62. The van der Waals surface area contributed by atoms with Crippen molar-refractivity contribution in [3.63, 3.8) is 0 Å². The Bertz CT molecular complexity index is 1940. The minimum atomic E-state index is -4.28. The molecule has 11 heteroatoms. The number of phenolic OH excluding ortho intramolecular Hbond substituents is 2. The average Bonchev–Trinajstić information content (AvgIpc) is 3.64. The molecule has 0 aliphatic heterocycles. The summed E-state index contributed by atoms with van der Waals surface area (Å²) >= 11 is 0. The fraction of sp³-hybridized carbons (Fsp3) is 0.0968. The van der Waals surface area contributed by atoms with Gasteiger partial charge in [-0.05, 0) is 61.5 Å². The summed E-state index contributed by atoms with van der Waals surface area (Å²) in [6, 6.07) is 18.7. The van der Waals surface area contributed by atoms with Crippen molar-refractivity contribution in [3.8, 4) is 28.7 Å². The van der Waals surface area contributed by atoms with E-state index in [0.29, 0.717) is 0 Å². The summed E-state index contributed by atoms with van der Waals surface area (Å²) in [6.07, 6.45) is 2.78. The number of ketones is 2. The Hall–Kier alpha value is -5.29. The smallest absolute Gasteiger partial charge is 0.268 e. The highest BCUT2D eigenvalue weighted by Crippen LogP contribution is 2.32. The summed E-state index contributed by atoms with van der Waals surface area (Å²) in [7, 11) is -1.59. The van der Waals surface area contributed by atoms with Crippen molar-refractivity contribution in [3.05, 3.63) is 119 Å². The van der Waals surface area contributed by atoms with Crippen molar-refractivity contribution < 1.29 is 37.7 Å². The number of hydrogen-bond donors (Lipinski definition) is 2. The lowest BCUT2D eigenvalue weighted by molar-refractivity contribution is 0.101. The molecule has 2 heterocycles. The van der Waals surface area contributed by atoms with Crippen LogP contribution in [0, 0.1) is 6.92 Å². The fourth-order valence-corrected chi connectivity index (χ4v) is 5.96. The second kappa shape index (κ2) is 10.9. The number of aromatic nitrogens is 2. The van der Waals surface area contributed by atoms with Crippen LogP contribution in [0.2, 0.25) is 0 Å². The van der Waals surface area contributed by atoms with Gasteiger partial charge in [-0.3, -0.25) is 9.59 Å². The zero-order chi connectivity index (χ0) is 30.2. The maximum atomic E-state index is 14.2. The number of benzene rings is 3. The van der Waals surface area contributed by atoms with Crippen molar-refractivity contribution in [2.45, 2.75) is 11.8 Å². The Morgan fingerprint density at radius 1 is 0.738 bits per heavy atom. The maximum Gasteiger partial charge on any atom is 0.268 e. The van der Waals surface area contributed by atoms with Gasteiger partial charge in [0.15, 0.2) is 0 Å². The van der Waals surface area contributed by atoms with E-state index in [2.05, 4.69) is 0 Å². The molecule has 0 saturated carbocycles. The van der Waals surface area contributed by atoms with Gasteiger partial charge >= 0.3 is 0 Å². The van der Waals surface area contributed by atoms with Gasteiger partial charge in [0.2, 0.25) is 11.6 Å². The van der Waals surface area contributed by atoms with Gasteiger partial charge in [0, 0.05) is 24.5 Å². The topological polar surface area (TPSA) is 137 Å². The molecule has 0 aliphatic carbocycles. The van der Waals surface area contributed by atoms with Crippen molar-refractivity contribution in [2.75, 3.05) is 14.2 Å². The molecule has 2 N–H and O–H groups in total. The molecule has 0 aliphatic rings. The highest BCUT2D eigenvalue weighted by molar-refractivity contribution is 7.90. The van der Waals surface area contributed by atoms with Gasteiger partial charge in [-0.15, -0.1) is 0 Å². The predicted molar refractivity (Wildman–Crippen MR) is 154 cm³/mol. The molecule has 0 atom stereocenters. The first kappa shape index (κ1) is 28.2. The van der Waals surface area contributed by atoms with E-state index >= 15 is 0 Å². The number of carbonyl (C=O) groups is 2. The summed E-state index contributed by atoms with van der Waals surface area (Å²) in [5.74, 6) is -1.29. The normalized spacial score (nSPS) is 11.3. The zero-order valence-corrected chi connectivity index (χ0v) is 23.6. The Kier molecular flexibility index (Phi) is 7.36. The first-order chi connectivity index (χ1) is 20.1. The average molecular weight is 587 g/mol. The summed E-state index contributed by atoms with van der Waals surface area (Å²) in [6.45, 7) is 1.82. The van der Waals surface area contributed by atoms with Gasteiger partial charge in [-0.25, -0.2) is 12.4 Å². The minimum absolute atomic E-state index is 0.00385. The number of hydrogen-bond acceptors (Lipinski definition) is 8. The molecule has 0 radical (unpaired) electrons. The van der Waals surface area contributed by atoms with Crippen LogP contribution in [-0.4, -0.2) is 53.0 Å². The lowest BCUT2D eigenvalue weighted by atomic mass is 10.0. The molecule has 5 aromatic rings. The number of aryl methyl sites for hydroxylation is 1. The van der Waals surface area contributed by atoms with Gasteiger partial charge < -0.3 is 24.3 Å². The third kappa shape index (κ3) is 4.90. The Morgan fingerprint density at radius 2 is 1.31 bits per heavy atom. The number of carbonyl (C=O) groups excluding carboxylic acids is 2. The van der Waals surface area contributed by atoms with Gasteiger partial charge in [0.25, 0.3) is 10.0 Å². The predicted octanol–water partition coefficient (Wildman–Crippen LogP) is 4.71. The van der Waals surface area contributed by atoms with Crippen LogP contribution in [0.15, 0.2) is 96.2 Å². The van der Waals surface area contributed by atoms with Crippen LogP contribution in [0.1, 0.15) is 37.7 Å². The minimum Gasteiger partial charge on any atom is -0.508 e. The van der Waals surface area contributed by atoms with Crippen LogP contribution in [0.25, 0.3) is 5.69 Å². The van der Waals surface area contributed by atoms with Crippen molar-refractivity contribution in [2.24, 2.45) is 0 Å². The Morgan fingerprint density at radius 3 is 1.88 bits per heavy atom. The second-order valence-electron chi connectivity index (χ2n) is 9.35. The maximum absolute atomic E-state index is 14.2.